The number of esters is 1. The standard InChI is InChI=1S/C30H41N7O8S/c1-4-14(2)24-28(43)33-20(25(32)40)10-17-16-7-5-6-8-19(16)35-29(17)46-13-18(31)26(41)34-21(11-23(39)45-3)30(44)37-12-15(38)9-22(37)27(42)36-24/h5-8,14-15,18,20-22,24,35,38H,4,9-13,31H2,1-3H3,(H2,32,40)(H,33,43)(H,34,41)(H,36,42)/t14-,15-,18-,20-,21-,22-,24-/m0/s1. The van der Waals surface area contributed by atoms with Crippen LogP contribution in [0.3, 0.4) is 0 Å². The Balaban J connectivity index is 1.77. The first-order valence-corrected chi connectivity index (χ1v) is 16.1. The number of nitrogens with zero attached hydrogens (tertiary/aromatic N) is 1. The highest BCUT2D eigenvalue weighted by Crippen LogP contribution is 2.31. The van der Waals surface area contributed by atoms with Crippen molar-refractivity contribution in [2.24, 2.45) is 17.4 Å². The van der Waals surface area contributed by atoms with E-state index in [0.29, 0.717) is 17.0 Å². The topological polar surface area (TPSA) is 239 Å². The number of aromatic nitrogens is 1. The lowest BCUT2D eigenvalue weighted by Gasteiger charge is -2.31. The Morgan fingerprint density at radius 3 is 2.50 bits per heavy atom. The summed E-state index contributed by atoms with van der Waals surface area (Å²) in [6.07, 6.45) is -1.28. The van der Waals surface area contributed by atoms with Crippen molar-refractivity contribution in [2.75, 3.05) is 19.4 Å². The van der Waals surface area contributed by atoms with Gasteiger partial charge in [0.05, 0.1) is 30.7 Å². The van der Waals surface area contributed by atoms with Crippen LogP contribution in [0.5, 0.6) is 0 Å². The van der Waals surface area contributed by atoms with Crippen LogP contribution in [-0.2, 0) is 39.9 Å². The Labute approximate surface area is 269 Å². The number of para-hydroxylation sites is 1. The Kier molecular flexibility index (Phi) is 11.3. The van der Waals surface area contributed by atoms with Crippen LogP contribution in [0.2, 0.25) is 0 Å². The van der Waals surface area contributed by atoms with E-state index in [9.17, 15) is 33.9 Å². The molecule has 5 amide bonds. The largest absolute Gasteiger partial charge is 0.469 e. The number of nitrogens with one attached hydrogen (secondary N) is 4. The van der Waals surface area contributed by atoms with Crippen LogP contribution in [0.1, 0.15) is 38.7 Å². The number of hydrogen-bond acceptors (Lipinski definition) is 10. The number of carbonyl (C=O) groups excluding carboxylic acids is 6. The third kappa shape index (κ3) is 7.79. The summed E-state index contributed by atoms with van der Waals surface area (Å²) >= 11 is 1.20. The van der Waals surface area contributed by atoms with Gasteiger partial charge in [-0.1, -0.05) is 38.5 Å². The van der Waals surface area contributed by atoms with E-state index < -0.39 is 84.2 Å². The van der Waals surface area contributed by atoms with E-state index >= 15 is 0 Å². The number of hydrogen-bond donors (Lipinski definition) is 7. The molecule has 7 atom stereocenters. The Morgan fingerprint density at radius 2 is 1.83 bits per heavy atom. The minimum Gasteiger partial charge on any atom is -0.469 e. The van der Waals surface area contributed by atoms with Crippen LogP contribution in [-0.4, -0.2) is 106 Å². The first-order chi connectivity index (χ1) is 21.8. The fourth-order valence-corrected chi connectivity index (χ4v) is 6.67. The average Bonchev–Trinajstić information content (AvgIpc) is 3.60. The lowest BCUT2D eigenvalue weighted by Crippen LogP contribution is -2.60. The zero-order chi connectivity index (χ0) is 33.7. The predicted octanol–water partition coefficient (Wildman–Crippen LogP) is -1.35. The van der Waals surface area contributed by atoms with E-state index in [-0.39, 0.29) is 25.1 Å². The molecule has 2 aliphatic rings. The van der Waals surface area contributed by atoms with E-state index in [2.05, 4.69) is 20.9 Å². The van der Waals surface area contributed by atoms with Gasteiger partial charge in [0.1, 0.15) is 24.2 Å². The van der Waals surface area contributed by atoms with E-state index in [1.54, 1.807) is 6.92 Å². The van der Waals surface area contributed by atoms with Crippen LogP contribution in [0, 0.1) is 5.92 Å². The maximum Gasteiger partial charge on any atom is 0.308 e. The number of aliphatic hydroxyl groups is 1. The van der Waals surface area contributed by atoms with Crippen molar-refractivity contribution in [3.8, 4) is 0 Å². The van der Waals surface area contributed by atoms with Crippen molar-refractivity contribution in [1.82, 2.24) is 25.8 Å². The van der Waals surface area contributed by atoms with E-state index in [1.807, 2.05) is 31.2 Å². The summed E-state index contributed by atoms with van der Waals surface area (Å²) < 4.78 is 4.73. The fourth-order valence-electron chi connectivity index (χ4n) is 5.62. The Hall–Kier alpha value is -4.15. The first kappa shape index (κ1) is 34.7. The molecule has 2 aromatic rings. The molecule has 0 unspecified atom stereocenters. The number of fused-ring (bicyclic) bond motifs is 4. The summed E-state index contributed by atoms with van der Waals surface area (Å²) in [5.74, 6) is -4.84. The lowest BCUT2D eigenvalue weighted by molar-refractivity contribution is -0.147. The quantitative estimate of drug-likeness (QED) is 0.186. The fraction of sp³-hybridized carbons (Fsp3) is 0.533. The highest BCUT2D eigenvalue weighted by Gasteiger charge is 2.44. The predicted molar refractivity (Wildman–Crippen MR) is 168 cm³/mol. The van der Waals surface area contributed by atoms with Gasteiger partial charge in [-0.2, -0.15) is 0 Å². The van der Waals surface area contributed by atoms with Crippen LogP contribution >= 0.6 is 11.8 Å². The molecule has 4 rings (SSSR count). The Morgan fingerprint density at radius 1 is 1.11 bits per heavy atom. The molecule has 1 aromatic heterocycles. The SMILES string of the molecule is CC[C@H](C)[C@@H]1NC(=O)[C@@H]2C[C@H](O)CN2C(=O)[C@H](CC(=O)OC)NC(=O)[C@@H](N)CSc2[nH]c3ccccc3c2C[C@@H](C(N)=O)NC1=O. The molecular weight excluding hydrogens is 618 g/mol. The van der Waals surface area contributed by atoms with Gasteiger partial charge < -0.3 is 47.1 Å². The minimum absolute atomic E-state index is 0.00826. The average molecular weight is 660 g/mol. The second kappa shape index (κ2) is 15.0. The molecule has 1 fully saturated rings. The third-order valence-electron chi connectivity index (χ3n) is 8.46. The summed E-state index contributed by atoms with van der Waals surface area (Å²) in [6, 6.07) is 1.24. The number of thioether (sulfide) groups is 1. The number of ether oxygens (including phenoxy) is 1. The number of nitrogens with two attached hydrogens (primary N) is 2. The summed E-state index contributed by atoms with van der Waals surface area (Å²) in [5, 5.41) is 19.8. The molecule has 250 valence electrons. The molecule has 2 aliphatic heterocycles. The van der Waals surface area contributed by atoms with Crippen LogP contribution in [0.4, 0.5) is 0 Å². The van der Waals surface area contributed by atoms with E-state index in [0.717, 1.165) is 22.9 Å². The Bertz CT molecular complexity index is 1500. The van der Waals surface area contributed by atoms with Gasteiger partial charge in [0, 0.05) is 36.0 Å². The van der Waals surface area contributed by atoms with Gasteiger partial charge in [-0.25, -0.2) is 0 Å². The van der Waals surface area contributed by atoms with Crippen LogP contribution in [0.15, 0.2) is 29.3 Å². The molecule has 3 heterocycles. The van der Waals surface area contributed by atoms with E-state index in [4.69, 9.17) is 16.2 Å². The molecule has 0 radical (unpaired) electrons. The maximum atomic E-state index is 13.8. The zero-order valence-corrected chi connectivity index (χ0v) is 26.7. The van der Waals surface area contributed by atoms with Gasteiger partial charge >= 0.3 is 5.97 Å². The van der Waals surface area contributed by atoms with Crippen molar-refractivity contribution < 1.29 is 38.6 Å². The number of carbonyl (C=O) groups is 6. The summed E-state index contributed by atoms with van der Waals surface area (Å²) in [5.41, 5.74) is 13.4. The molecule has 0 spiro atoms. The zero-order valence-electron chi connectivity index (χ0n) is 25.9. The number of benzene rings is 1. The number of primary amides is 1. The number of methoxy groups -OCH3 is 1. The van der Waals surface area contributed by atoms with Gasteiger partial charge in [0.2, 0.25) is 29.5 Å². The lowest BCUT2D eigenvalue weighted by atomic mass is 9.96. The van der Waals surface area contributed by atoms with Crippen LogP contribution < -0.4 is 27.4 Å². The number of aliphatic hydroxyl groups excluding tert-OH is 1. The molecule has 46 heavy (non-hydrogen) atoms. The summed E-state index contributed by atoms with van der Waals surface area (Å²) in [6.45, 7) is 3.33. The summed E-state index contributed by atoms with van der Waals surface area (Å²) in [7, 11) is 1.13. The smallest absolute Gasteiger partial charge is 0.308 e. The van der Waals surface area contributed by atoms with Crippen molar-refractivity contribution in [1.29, 1.82) is 0 Å². The van der Waals surface area contributed by atoms with Gasteiger partial charge in [-0.05, 0) is 17.5 Å². The maximum absolute atomic E-state index is 13.8. The number of rotatable bonds is 5. The molecule has 15 nitrogen and oxygen atoms in total. The first-order valence-electron chi connectivity index (χ1n) is 15.1. The minimum atomic E-state index is -1.44. The molecule has 1 saturated heterocycles. The van der Waals surface area contributed by atoms with Crippen LogP contribution in [0.25, 0.3) is 10.9 Å². The van der Waals surface area contributed by atoms with Gasteiger partial charge in [0.15, 0.2) is 0 Å². The number of amides is 5. The number of H-pyrrole nitrogens is 1. The molecule has 0 saturated carbocycles. The molecule has 1 aromatic carbocycles. The normalized spacial score (nSPS) is 27.4. The number of aromatic amines is 1. The van der Waals surface area contributed by atoms with Crippen molar-refractivity contribution >= 4 is 58.2 Å². The van der Waals surface area contributed by atoms with Crippen molar-refractivity contribution in [3.63, 3.8) is 0 Å². The highest BCUT2D eigenvalue weighted by molar-refractivity contribution is 7.99. The van der Waals surface area contributed by atoms with Crippen molar-refractivity contribution in [2.45, 2.75) is 80.9 Å². The molecule has 0 aliphatic carbocycles. The summed E-state index contributed by atoms with van der Waals surface area (Å²) in [4.78, 5) is 83.6. The molecule has 16 heteroatoms. The second-order valence-corrected chi connectivity index (χ2v) is 12.7. The third-order valence-corrected chi connectivity index (χ3v) is 9.62. The highest BCUT2D eigenvalue weighted by atomic mass is 32.2. The van der Waals surface area contributed by atoms with Gasteiger partial charge in [-0.15, -0.1) is 11.8 Å². The van der Waals surface area contributed by atoms with Gasteiger partial charge in [-0.3, -0.25) is 28.8 Å². The van der Waals surface area contributed by atoms with Crippen molar-refractivity contribution in [3.05, 3.63) is 29.8 Å². The van der Waals surface area contributed by atoms with E-state index in [1.165, 1.54) is 11.8 Å². The second-order valence-electron chi connectivity index (χ2n) is 11.7. The molecular formula is C30H41N7O8S. The molecule has 0 bridgehead atoms. The molecule has 9 N–H and O–H groups in total. The van der Waals surface area contributed by atoms with Gasteiger partial charge in [0.25, 0.3) is 0 Å². The monoisotopic (exact) mass is 659 g/mol.